The Labute approximate surface area is 140 Å². The van der Waals surface area contributed by atoms with Gasteiger partial charge in [0.2, 0.25) is 0 Å². The Bertz CT molecular complexity index is 727. The van der Waals surface area contributed by atoms with Crippen molar-refractivity contribution in [2.75, 3.05) is 13.2 Å². The number of aromatic carboxylic acids is 1. The summed E-state index contributed by atoms with van der Waals surface area (Å²) >= 11 is 0. The minimum atomic E-state index is -1.00. The molecule has 124 valence electrons. The molecule has 5 nitrogen and oxygen atoms in total. The third-order valence-corrected chi connectivity index (χ3v) is 4.19. The minimum Gasteiger partial charge on any atom is -0.478 e. The molecule has 0 spiro atoms. The normalized spacial score (nSPS) is 20.6. The molecule has 1 heterocycles. The Morgan fingerprint density at radius 1 is 1.04 bits per heavy atom. The van der Waals surface area contributed by atoms with E-state index in [2.05, 4.69) is 0 Å². The molecule has 2 aromatic rings. The van der Waals surface area contributed by atoms with E-state index in [0.29, 0.717) is 18.7 Å². The first kappa shape index (κ1) is 16.2. The van der Waals surface area contributed by atoms with Crippen LogP contribution in [0.3, 0.4) is 0 Å². The molecule has 5 heteroatoms. The predicted molar refractivity (Wildman–Crippen MR) is 89.0 cm³/mol. The fourth-order valence-electron chi connectivity index (χ4n) is 2.90. The second-order valence-corrected chi connectivity index (χ2v) is 5.91. The summed E-state index contributed by atoms with van der Waals surface area (Å²) in [5, 5.41) is 8.98. The molecule has 2 unspecified atom stereocenters. The molecule has 1 N–H and O–H groups in total. The van der Waals surface area contributed by atoms with Gasteiger partial charge in [-0.15, -0.1) is 0 Å². The number of carboxylic acids is 1. The Morgan fingerprint density at radius 2 is 1.67 bits per heavy atom. The molecule has 0 aromatic heterocycles. The average Bonchev–Trinajstić information content (AvgIpc) is 2.62. The first-order valence-corrected chi connectivity index (χ1v) is 7.87. The van der Waals surface area contributed by atoms with E-state index in [4.69, 9.17) is 9.84 Å². The van der Waals surface area contributed by atoms with Gasteiger partial charge in [0.1, 0.15) is 0 Å². The van der Waals surface area contributed by atoms with Crippen molar-refractivity contribution in [1.82, 2.24) is 4.90 Å². The van der Waals surface area contributed by atoms with E-state index in [-0.39, 0.29) is 23.6 Å². The molecular weight excluding hydrogens is 306 g/mol. The minimum absolute atomic E-state index is 0.0350. The Hall–Kier alpha value is -2.66. The van der Waals surface area contributed by atoms with E-state index in [1.807, 2.05) is 37.3 Å². The van der Waals surface area contributed by atoms with E-state index in [1.54, 1.807) is 17.0 Å². The topological polar surface area (TPSA) is 66.8 Å². The Balaban J connectivity index is 1.88. The fourth-order valence-corrected chi connectivity index (χ4v) is 2.90. The molecular formula is C19H19NO4. The van der Waals surface area contributed by atoms with Crippen LogP contribution >= 0.6 is 0 Å². The predicted octanol–water partition coefficient (Wildman–Crippen LogP) is 2.99. The van der Waals surface area contributed by atoms with Gasteiger partial charge >= 0.3 is 5.97 Å². The second kappa shape index (κ2) is 6.84. The summed E-state index contributed by atoms with van der Waals surface area (Å²) in [7, 11) is 0. The number of nitrogens with zero attached hydrogens (tertiary/aromatic N) is 1. The third kappa shape index (κ3) is 3.31. The van der Waals surface area contributed by atoms with Crippen LogP contribution < -0.4 is 0 Å². The Kier molecular flexibility index (Phi) is 4.62. The smallest absolute Gasteiger partial charge is 0.335 e. The highest BCUT2D eigenvalue weighted by molar-refractivity contribution is 5.96. The molecule has 1 aliphatic rings. The average molecular weight is 325 g/mol. The quantitative estimate of drug-likeness (QED) is 0.942. The molecule has 0 bridgehead atoms. The lowest BCUT2D eigenvalue weighted by atomic mass is 10.0. The highest BCUT2D eigenvalue weighted by Gasteiger charge is 2.32. The van der Waals surface area contributed by atoms with Crippen LogP contribution in [-0.4, -0.2) is 41.1 Å². The monoisotopic (exact) mass is 325 g/mol. The van der Waals surface area contributed by atoms with Gasteiger partial charge in [0, 0.05) is 12.1 Å². The van der Waals surface area contributed by atoms with Crippen molar-refractivity contribution < 1.29 is 19.4 Å². The summed E-state index contributed by atoms with van der Waals surface area (Å²) in [6, 6.07) is 15.7. The highest BCUT2D eigenvalue weighted by atomic mass is 16.5. The number of benzene rings is 2. The number of carboxylic acid groups (broad SMARTS) is 1. The molecule has 1 saturated heterocycles. The molecule has 1 amide bonds. The fraction of sp³-hybridized carbons (Fsp3) is 0.263. The van der Waals surface area contributed by atoms with Crippen molar-refractivity contribution in [2.24, 2.45) is 0 Å². The molecule has 1 aliphatic heterocycles. The molecule has 24 heavy (non-hydrogen) atoms. The van der Waals surface area contributed by atoms with Gasteiger partial charge in [-0.2, -0.15) is 0 Å². The molecule has 2 atom stereocenters. The summed E-state index contributed by atoms with van der Waals surface area (Å²) in [6.45, 7) is 2.89. The molecule has 0 aliphatic carbocycles. The number of morpholine rings is 1. The molecule has 0 radical (unpaired) electrons. The van der Waals surface area contributed by atoms with Crippen LogP contribution in [0, 0.1) is 0 Å². The second-order valence-electron chi connectivity index (χ2n) is 5.91. The summed E-state index contributed by atoms with van der Waals surface area (Å²) in [6.07, 6.45) is -0.0350. The van der Waals surface area contributed by atoms with Crippen molar-refractivity contribution in [3.05, 3.63) is 71.3 Å². The van der Waals surface area contributed by atoms with Crippen molar-refractivity contribution in [2.45, 2.75) is 19.1 Å². The number of hydrogen-bond acceptors (Lipinski definition) is 3. The van der Waals surface area contributed by atoms with Gasteiger partial charge in [-0.05, 0) is 36.8 Å². The Morgan fingerprint density at radius 3 is 2.29 bits per heavy atom. The van der Waals surface area contributed by atoms with Crippen molar-refractivity contribution in [3.63, 3.8) is 0 Å². The first-order valence-electron chi connectivity index (χ1n) is 7.87. The number of amides is 1. The van der Waals surface area contributed by atoms with Gasteiger partial charge < -0.3 is 14.7 Å². The largest absolute Gasteiger partial charge is 0.478 e. The van der Waals surface area contributed by atoms with Crippen LogP contribution in [0.5, 0.6) is 0 Å². The SMILES string of the molecule is CC1CN(C(=O)c2ccc(C(=O)O)cc2)C(c2ccccc2)CO1. The van der Waals surface area contributed by atoms with Crippen molar-refractivity contribution in [1.29, 1.82) is 0 Å². The molecule has 0 saturated carbocycles. The van der Waals surface area contributed by atoms with Crippen LogP contribution in [0.25, 0.3) is 0 Å². The zero-order valence-electron chi connectivity index (χ0n) is 13.4. The van der Waals surface area contributed by atoms with Crippen LogP contribution in [0.2, 0.25) is 0 Å². The van der Waals surface area contributed by atoms with Crippen molar-refractivity contribution >= 4 is 11.9 Å². The van der Waals surface area contributed by atoms with E-state index >= 15 is 0 Å². The summed E-state index contributed by atoms with van der Waals surface area (Å²) in [5.41, 5.74) is 1.68. The highest BCUT2D eigenvalue weighted by Crippen LogP contribution is 2.27. The molecule has 3 rings (SSSR count). The molecule has 2 aromatic carbocycles. The number of hydrogen-bond donors (Lipinski definition) is 1. The van der Waals surface area contributed by atoms with Gasteiger partial charge in [0.15, 0.2) is 0 Å². The number of carbonyl (C=O) groups excluding carboxylic acids is 1. The lowest BCUT2D eigenvalue weighted by Gasteiger charge is -2.39. The van der Waals surface area contributed by atoms with Crippen LogP contribution in [0.4, 0.5) is 0 Å². The van der Waals surface area contributed by atoms with Crippen LogP contribution in [0.1, 0.15) is 39.2 Å². The van der Waals surface area contributed by atoms with E-state index < -0.39 is 5.97 Å². The van der Waals surface area contributed by atoms with Crippen LogP contribution in [0.15, 0.2) is 54.6 Å². The summed E-state index contributed by atoms with van der Waals surface area (Å²) < 4.78 is 5.74. The third-order valence-electron chi connectivity index (χ3n) is 4.19. The number of carbonyl (C=O) groups is 2. The summed E-state index contributed by atoms with van der Waals surface area (Å²) in [4.78, 5) is 25.7. The lowest BCUT2D eigenvalue weighted by Crippen LogP contribution is -2.46. The van der Waals surface area contributed by atoms with Gasteiger partial charge in [-0.1, -0.05) is 30.3 Å². The van der Waals surface area contributed by atoms with E-state index in [9.17, 15) is 9.59 Å². The van der Waals surface area contributed by atoms with Crippen molar-refractivity contribution in [3.8, 4) is 0 Å². The maximum absolute atomic E-state index is 12.9. The number of ether oxygens (including phenoxy) is 1. The standard InChI is InChI=1S/C19H19NO4/c1-13-11-20(17(12-24-13)14-5-3-2-4-6-14)18(21)15-7-9-16(10-8-15)19(22)23/h2-10,13,17H,11-12H2,1H3,(H,22,23). The van der Waals surface area contributed by atoms with Gasteiger partial charge in [0.05, 0.1) is 24.3 Å². The lowest BCUT2D eigenvalue weighted by molar-refractivity contribution is -0.0447. The van der Waals surface area contributed by atoms with E-state index in [0.717, 1.165) is 5.56 Å². The zero-order valence-corrected chi connectivity index (χ0v) is 13.4. The van der Waals surface area contributed by atoms with Gasteiger partial charge in [0.25, 0.3) is 5.91 Å². The number of rotatable bonds is 3. The maximum Gasteiger partial charge on any atom is 0.335 e. The van der Waals surface area contributed by atoms with E-state index in [1.165, 1.54) is 12.1 Å². The van der Waals surface area contributed by atoms with Crippen LogP contribution in [-0.2, 0) is 4.74 Å². The summed E-state index contributed by atoms with van der Waals surface area (Å²) in [5.74, 6) is -1.12. The first-order chi connectivity index (χ1) is 11.6. The van der Waals surface area contributed by atoms with Gasteiger partial charge in [-0.25, -0.2) is 4.79 Å². The zero-order chi connectivity index (χ0) is 17.1. The van der Waals surface area contributed by atoms with Gasteiger partial charge in [-0.3, -0.25) is 4.79 Å². The molecule has 1 fully saturated rings. The maximum atomic E-state index is 12.9.